The van der Waals surface area contributed by atoms with Crippen LogP contribution >= 0.6 is 11.6 Å². The Morgan fingerprint density at radius 3 is 2.50 bits per heavy atom. The second-order valence-corrected chi connectivity index (χ2v) is 6.21. The smallest absolute Gasteiger partial charge is 0.307 e. The molecule has 2 rings (SSSR count). The Hall–Kier alpha value is -1.56. The first-order chi connectivity index (χ1) is 10.4. The predicted molar refractivity (Wildman–Crippen MR) is 82.8 cm³/mol. The number of nitrogens with zero attached hydrogens (tertiary/aromatic N) is 2. The van der Waals surface area contributed by atoms with E-state index in [2.05, 4.69) is 10.4 Å². The van der Waals surface area contributed by atoms with Gasteiger partial charge in [0.05, 0.1) is 34.8 Å². The Balaban J connectivity index is 1.89. The van der Waals surface area contributed by atoms with Gasteiger partial charge in [0.15, 0.2) is 0 Å². The number of carboxylic acids is 1. The summed E-state index contributed by atoms with van der Waals surface area (Å²) >= 11 is 6.08. The van der Waals surface area contributed by atoms with Gasteiger partial charge in [0, 0.05) is 6.54 Å². The van der Waals surface area contributed by atoms with E-state index in [0.717, 1.165) is 24.2 Å². The van der Waals surface area contributed by atoms with Gasteiger partial charge in [-0.2, -0.15) is 5.10 Å². The van der Waals surface area contributed by atoms with Crippen LogP contribution < -0.4 is 5.32 Å². The number of hydrogen-bond donors (Lipinski definition) is 2. The molecule has 122 valence electrons. The molecule has 0 unspecified atom stereocenters. The van der Waals surface area contributed by atoms with Crippen molar-refractivity contribution in [3.05, 3.63) is 16.4 Å². The van der Waals surface area contributed by atoms with Crippen molar-refractivity contribution >= 4 is 23.5 Å². The number of carbonyl (C=O) groups is 2. The van der Waals surface area contributed by atoms with Crippen molar-refractivity contribution < 1.29 is 14.7 Å². The van der Waals surface area contributed by atoms with Gasteiger partial charge in [-0.1, -0.05) is 24.4 Å². The molecule has 1 amide bonds. The fourth-order valence-corrected chi connectivity index (χ4v) is 3.18. The van der Waals surface area contributed by atoms with Gasteiger partial charge in [-0.15, -0.1) is 0 Å². The van der Waals surface area contributed by atoms with Crippen LogP contribution in [-0.4, -0.2) is 33.3 Å². The Kier molecular flexibility index (Phi) is 5.45. The van der Waals surface area contributed by atoms with E-state index in [1.165, 1.54) is 0 Å². The molecule has 1 saturated carbocycles. The van der Waals surface area contributed by atoms with E-state index in [1.807, 2.05) is 13.8 Å². The molecular weight excluding hydrogens is 306 g/mol. The fraction of sp³-hybridized carbons (Fsp3) is 0.667. The number of amides is 1. The average molecular weight is 328 g/mol. The number of nitrogens with one attached hydrogen (secondary N) is 1. The number of carboxylic acid groups (broad SMARTS) is 1. The van der Waals surface area contributed by atoms with Crippen LogP contribution in [0, 0.1) is 25.7 Å². The third-order valence-electron chi connectivity index (χ3n) is 4.34. The molecule has 22 heavy (non-hydrogen) atoms. The standard InChI is InChI=1S/C15H22ClN3O3/c1-9-13(16)10(2)19(18-9)8-7-17-14(20)11-5-3-4-6-12(11)15(21)22/h11-12H,3-8H2,1-2H3,(H,17,20)(H,21,22)/t11-,12+/m0/s1. The van der Waals surface area contributed by atoms with E-state index >= 15 is 0 Å². The van der Waals surface area contributed by atoms with Crippen molar-refractivity contribution in [2.24, 2.45) is 11.8 Å². The molecule has 1 heterocycles. The highest BCUT2D eigenvalue weighted by atomic mass is 35.5. The van der Waals surface area contributed by atoms with Crippen molar-refractivity contribution in [1.82, 2.24) is 15.1 Å². The van der Waals surface area contributed by atoms with E-state index in [-0.39, 0.29) is 5.91 Å². The van der Waals surface area contributed by atoms with Gasteiger partial charge < -0.3 is 10.4 Å². The number of aromatic nitrogens is 2. The molecule has 0 aliphatic heterocycles. The molecule has 1 aliphatic rings. The van der Waals surface area contributed by atoms with E-state index < -0.39 is 17.8 Å². The van der Waals surface area contributed by atoms with Crippen LogP contribution in [0.3, 0.4) is 0 Å². The van der Waals surface area contributed by atoms with Crippen LogP contribution in [0.25, 0.3) is 0 Å². The summed E-state index contributed by atoms with van der Waals surface area (Å²) in [6.45, 7) is 4.66. The lowest BCUT2D eigenvalue weighted by atomic mass is 9.79. The van der Waals surface area contributed by atoms with E-state index in [1.54, 1.807) is 4.68 Å². The third kappa shape index (κ3) is 3.61. The monoisotopic (exact) mass is 327 g/mol. The highest BCUT2D eigenvalue weighted by molar-refractivity contribution is 6.31. The van der Waals surface area contributed by atoms with Gasteiger partial charge in [0.1, 0.15) is 0 Å². The van der Waals surface area contributed by atoms with Crippen molar-refractivity contribution in [2.45, 2.75) is 46.1 Å². The maximum atomic E-state index is 12.2. The largest absolute Gasteiger partial charge is 0.481 e. The Bertz CT molecular complexity index is 571. The molecule has 2 N–H and O–H groups in total. The van der Waals surface area contributed by atoms with E-state index in [9.17, 15) is 14.7 Å². The summed E-state index contributed by atoms with van der Waals surface area (Å²) in [6, 6.07) is 0. The third-order valence-corrected chi connectivity index (χ3v) is 4.88. The van der Waals surface area contributed by atoms with Crippen LogP contribution in [0.15, 0.2) is 0 Å². The fourth-order valence-electron chi connectivity index (χ4n) is 3.05. The Morgan fingerprint density at radius 2 is 1.95 bits per heavy atom. The second kappa shape index (κ2) is 7.13. The van der Waals surface area contributed by atoms with Gasteiger partial charge in [-0.25, -0.2) is 0 Å². The zero-order valence-electron chi connectivity index (χ0n) is 12.9. The molecule has 1 aliphatic carbocycles. The molecule has 1 aromatic rings. The lowest BCUT2D eigenvalue weighted by molar-refractivity contribution is -0.148. The summed E-state index contributed by atoms with van der Waals surface area (Å²) < 4.78 is 1.76. The lowest BCUT2D eigenvalue weighted by Gasteiger charge is -2.27. The van der Waals surface area contributed by atoms with E-state index in [4.69, 9.17) is 11.6 Å². The molecule has 0 radical (unpaired) electrons. The summed E-state index contributed by atoms with van der Waals surface area (Å²) in [7, 11) is 0. The molecule has 0 bridgehead atoms. The minimum Gasteiger partial charge on any atom is -0.481 e. The van der Waals surface area contributed by atoms with Crippen molar-refractivity contribution in [3.63, 3.8) is 0 Å². The summed E-state index contributed by atoms with van der Waals surface area (Å²) in [5.74, 6) is -2.02. The lowest BCUT2D eigenvalue weighted by Crippen LogP contribution is -2.40. The molecule has 6 nitrogen and oxygen atoms in total. The van der Waals surface area contributed by atoms with Crippen LogP contribution in [0.5, 0.6) is 0 Å². The predicted octanol–water partition coefficient (Wildman–Crippen LogP) is 2.16. The second-order valence-electron chi connectivity index (χ2n) is 5.83. The Morgan fingerprint density at radius 1 is 1.32 bits per heavy atom. The molecule has 0 spiro atoms. The van der Waals surface area contributed by atoms with E-state index in [0.29, 0.717) is 31.0 Å². The minimum absolute atomic E-state index is 0.167. The summed E-state index contributed by atoms with van der Waals surface area (Å²) in [5.41, 5.74) is 1.64. The molecular formula is C15H22ClN3O3. The first kappa shape index (κ1) is 16.8. The maximum Gasteiger partial charge on any atom is 0.307 e. The van der Waals surface area contributed by atoms with Crippen molar-refractivity contribution in [2.75, 3.05) is 6.54 Å². The van der Waals surface area contributed by atoms with Gasteiger partial charge in [-0.05, 0) is 26.7 Å². The molecule has 0 aromatic carbocycles. The molecule has 1 aromatic heterocycles. The van der Waals surface area contributed by atoms with Gasteiger partial charge in [0.25, 0.3) is 0 Å². The zero-order valence-corrected chi connectivity index (χ0v) is 13.7. The normalized spacial score (nSPS) is 21.6. The van der Waals surface area contributed by atoms with Crippen LogP contribution in [0.1, 0.15) is 37.1 Å². The highest BCUT2D eigenvalue weighted by Gasteiger charge is 2.35. The quantitative estimate of drug-likeness (QED) is 0.868. The molecule has 1 fully saturated rings. The summed E-state index contributed by atoms with van der Waals surface area (Å²) in [6.07, 6.45) is 3.02. The minimum atomic E-state index is -0.870. The summed E-state index contributed by atoms with van der Waals surface area (Å²) in [4.78, 5) is 23.5. The Labute approximate surface area is 134 Å². The van der Waals surface area contributed by atoms with Crippen LogP contribution in [0.4, 0.5) is 0 Å². The van der Waals surface area contributed by atoms with Crippen molar-refractivity contribution in [1.29, 1.82) is 0 Å². The average Bonchev–Trinajstić information content (AvgIpc) is 2.74. The zero-order chi connectivity index (χ0) is 16.3. The van der Waals surface area contributed by atoms with Gasteiger partial charge in [0.2, 0.25) is 5.91 Å². The van der Waals surface area contributed by atoms with Crippen LogP contribution in [-0.2, 0) is 16.1 Å². The number of halogens is 1. The topological polar surface area (TPSA) is 84.2 Å². The maximum absolute atomic E-state index is 12.2. The number of rotatable bonds is 5. The van der Waals surface area contributed by atoms with Gasteiger partial charge in [-0.3, -0.25) is 14.3 Å². The molecule has 0 saturated heterocycles. The first-order valence-electron chi connectivity index (χ1n) is 7.62. The van der Waals surface area contributed by atoms with Gasteiger partial charge >= 0.3 is 5.97 Å². The highest BCUT2D eigenvalue weighted by Crippen LogP contribution is 2.30. The first-order valence-corrected chi connectivity index (χ1v) is 7.99. The van der Waals surface area contributed by atoms with Crippen LogP contribution in [0.2, 0.25) is 5.02 Å². The number of carbonyl (C=O) groups excluding carboxylic acids is 1. The number of hydrogen-bond acceptors (Lipinski definition) is 3. The SMILES string of the molecule is Cc1nn(CCNC(=O)[C@H]2CCCC[C@H]2C(=O)O)c(C)c1Cl. The summed E-state index contributed by atoms with van der Waals surface area (Å²) in [5, 5.41) is 17.0. The number of aliphatic carboxylic acids is 1. The number of aryl methyl sites for hydroxylation is 1. The molecule has 2 atom stereocenters. The van der Waals surface area contributed by atoms with Crippen molar-refractivity contribution in [3.8, 4) is 0 Å². The molecule has 7 heteroatoms.